The second-order valence-electron chi connectivity index (χ2n) is 5.08. The molecule has 2 rings (SSSR count). The molecule has 6 heteroatoms. The van der Waals surface area contributed by atoms with E-state index in [1.54, 1.807) is 24.3 Å². The SMILES string of the molecule is O=C(OCCCCOC(=O)c1cccc(O)c1)c1cccc(O)c1. The summed E-state index contributed by atoms with van der Waals surface area (Å²) in [6.45, 7) is 0.385. The van der Waals surface area contributed by atoms with E-state index in [2.05, 4.69) is 0 Å². The number of carbonyl (C=O) groups is 2. The normalized spacial score (nSPS) is 10.2. The van der Waals surface area contributed by atoms with Gasteiger partial charge in [-0.2, -0.15) is 0 Å². The number of esters is 2. The summed E-state index contributed by atoms with van der Waals surface area (Å²) in [5.74, 6) is -1.02. The molecule has 0 aliphatic heterocycles. The van der Waals surface area contributed by atoms with Crippen molar-refractivity contribution in [3.05, 3.63) is 59.7 Å². The van der Waals surface area contributed by atoms with Crippen molar-refractivity contribution in [2.75, 3.05) is 13.2 Å². The van der Waals surface area contributed by atoms with Crippen molar-refractivity contribution in [1.29, 1.82) is 0 Å². The molecular weight excluding hydrogens is 312 g/mol. The van der Waals surface area contributed by atoms with E-state index in [4.69, 9.17) is 9.47 Å². The van der Waals surface area contributed by atoms with Crippen molar-refractivity contribution in [2.24, 2.45) is 0 Å². The summed E-state index contributed by atoms with van der Waals surface area (Å²) >= 11 is 0. The maximum atomic E-state index is 11.7. The predicted octanol–water partition coefficient (Wildman–Crippen LogP) is 2.89. The number of benzene rings is 2. The Morgan fingerprint density at radius 1 is 0.750 bits per heavy atom. The summed E-state index contributed by atoms with van der Waals surface area (Å²) < 4.78 is 10.1. The number of aromatic hydroxyl groups is 2. The van der Waals surface area contributed by atoms with E-state index in [1.165, 1.54) is 24.3 Å². The molecule has 2 aromatic rings. The Hall–Kier alpha value is -3.02. The molecular formula is C18H18O6. The third-order valence-electron chi connectivity index (χ3n) is 3.17. The van der Waals surface area contributed by atoms with Gasteiger partial charge in [0.05, 0.1) is 24.3 Å². The van der Waals surface area contributed by atoms with Crippen LogP contribution in [0.4, 0.5) is 0 Å². The zero-order valence-corrected chi connectivity index (χ0v) is 13.0. The molecule has 0 saturated carbocycles. The monoisotopic (exact) mass is 330 g/mol. The van der Waals surface area contributed by atoms with Crippen LogP contribution in [0.1, 0.15) is 33.6 Å². The molecule has 0 heterocycles. The van der Waals surface area contributed by atoms with Crippen LogP contribution in [0.5, 0.6) is 11.5 Å². The molecule has 0 unspecified atom stereocenters. The first-order chi connectivity index (χ1) is 11.6. The molecule has 0 atom stereocenters. The lowest BCUT2D eigenvalue weighted by Gasteiger charge is -2.06. The fourth-order valence-electron chi connectivity index (χ4n) is 1.97. The van der Waals surface area contributed by atoms with Gasteiger partial charge in [-0.1, -0.05) is 12.1 Å². The summed E-state index contributed by atoms with van der Waals surface area (Å²) in [4.78, 5) is 23.4. The number of hydrogen-bond acceptors (Lipinski definition) is 6. The van der Waals surface area contributed by atoms with E-state index in [1.807, 2.05) is 0 Å². The molecule has 0 aliphatic rings. The zero-order valence-electron chi connectivity index (χ0n) is 13.0. The molecule has 0 amide bonds. The largest absolute Gasteiger partial charge is 0.508 e. The molecule has 6 nitrogen and oxygen atoms in total. The third-order valence-corrected chi connectivity index (χ3v) is 3.17. The van der Waals surface area contributed by atoms with Crippen LogP contribution in [0.25, 0.3) is 0 Å². The minimum absolute atomic E-state index is 0.00307. The Labute approximate surface area is 139 Å². The fourth-order valence-corrected chi connectivity index (χ4v) is 1.97. The van der Waals surface area contributed by atoms with E-state index >= 15 is 0 Å². The molecule has 0 aliphatic carbocycles. The minimum atomic E-state index is -0.511. The average Bonchev–Trinajstić information content (AvgIpc) is 2.57. The smallest absolute Gasteiger partial charge is 0.338 e. The second kappa shape index (κ2) is 8.57. The number of phenolic OH excluding ortho intramolecular Hbond substituents is 2. The van der Waals surface area contributed by atoms with E-state index in [-0.39, 0.29) is 35.8 Å². The molecule has 0 saturated heterocycles. The van der Waals surface area contributed by atoms with Gasteiger partial charge in [0, 0.05) is 0 Å². The summed E-state index contributed by atoms with van der Waals surface area (Å²) in [5, 5.41) is 18.6. The third kappa shape index (κ3) is 5.31. The van der Waals surface area contributed by atoms with Crippen molar-refractivity contribution < 1.29 is 29.3 Å². The fraction of sp³-hybridized carbons (Fsp3) is 0.222. The van der Waals surface area contributed by atoms with Gasteiger partial charge in [-0.05, 0) is 49.2 Å². The zero-order chi connectivity index (χ0) is 17.4. The van der Waals surface area contributed by atoms with Crippen LogP contribution in [0.2, 0.25) is 0 Å². The van der Waals surface area contributed by atoms with Crippen molar-refractivity contribution in [3.63, 3.8) is 0 Å². The topological polar surface area (TPSA) is 93.1 Å². The molecule has 126 valence electrons. The van der Waals surface area contributed by atoms with Gasteiger partial charge >= 0.3 is 11.9 Å². The number of carbonyl (C=O) groups excluding carboxylic acids is 2. The quantitative estimate of drug-likeness (QED) is 0.599. The highest BCUT2D eigenvalue weighted by Crippen LogP contribution is 2.13. The Morgan fingerprint density at radius 3 is 1.54 bits per heavy atom. The first kappa shape index (κ1) is 17.3. The Bertz CT molecular complexity index is 649. The lowest BCUT2D eigenvalue weighted by Crippen LogP contribution is -2.09. The molecule has 0 spiro atoms. The van der Waals surface area contributed by atoms with E-state index in [9.17, 15) is 19.8 Å². The average molecular weight is 330 g/mol. The second-order valence-corrected chi connectivity index (χ2v) is 5.08. The molecule has 0 radical (unpaired) electrons. The van der Waals surface area contributed by atoms with Crippen LogP contribution in [-0.4, -0.2) is 35.4 Å². The van der Waals surface area contributed by atoms with Crippen molar-refractivity contribution >= 4 is 11.9 Å². The van der Waals surface area contributed by atoms with Crippen molar-refractivity contribution in [3.8, 4) is 11.5 Å². The van der Waals surface area contributed by atoms with Gasteiger partial charge in [-0.25, -0.2) is 9.59 Å². The van der Waals surface area contributed by atoms with Crippen molar-refractivity contribution in [2.45, 2.75) is 12.8 Å². The van der Waals surface area contributed by atoms with Gasteiger partial charge < -0.3 is 19.7 Å². The number of ether oxygens (including phenoxy) is 2. The summed E-state index contributed by atoms with van der Waals surface area (Å²) in [5.41, 5.74) is 0.565. The van der Waals surface area contributed by atoms with Crippen LogP contribution in [0, 0.1) is 0 Å². The van der Waals surface area contributed by atoms with Crippen LogP contribution in [-0.2, 0) is 9.47 Å². The van der Waals surface area contributed by atoms with Crippen molar-refractivity contribution in [1.82, 2.24) is 0 Å². The van der Waals surface area contributed by atoms with Crippen LogP contribution < -0.4 is 0 Å². The van der Waals surface area contributed by atoms with Crippen LogP contribution in [0.15, 0.2) is 48.5 Å². The van der Waals surface area contributed by atoms with Crippen LogP contribution in [0.3, 0.4) is 0 Å². The Morgan fingerprint density at radius 2 is 1.17 bits per heavy atom. The summed E-state index contributed by atoms with van der Waals surface area (Å²) in [6, 6.07) is 11.8. The van der Waals surface area contributed by atoms with Gasteiger partial charge in [0.2, 0.25) is 0 Å². The Balaban J connectivity index is 1.63. The van der Waals surface area contributed by atoms with Crippen LogP contribution >= 0.6 is 0 Å². The minimum Gasteiger partial charge on any atom is -0.508 e. The van der Waals surface area contributed by atoms with Gasteiger partial charge in [-0.3, -0.25) is 0 Å². The lowest BCUT2D eigenvalue weighted by molar-refractivity contribution is 0.0432. The van der Waals surface area contributed by atoms with Gasteiger partial charge in [0.25, 0.3) is 0 Å². The number of hydrogen-bond donors (Lipinski definition) is 2. The highest BCUT2D eigenvalue weighted by atomic mass is 16.5. The summed E-state index contributed by atoms with van der Waals surface area (Å²) in [6.07, 6.45) is 1.08. The maximum absolute atomic E-state index is 11.7. The number of rotatable bonds is 7. The molecule has 0 fully saturated rings. The van der Waals surface area contributed by atoms with E-state index in [0.29, 0.717) is 12.8 Å². The first-order valence-electron chi connectivity index (χ1n) is 7.48. The van der Waals surface area contributed by atoms with E-state index < -0.39 is 11.9 Å². The lowest BCUT2D eigenvalue weighted by atomic mass is 10.2. The molecule has 2 aromatic carbocycles. The molecule has 24 heavy (non-hydrogen) atoms. The highest BCUT2D eigenvalue weighted by molar-refractivity contribution is 5.90. The Kier molecular flexibility index (Phi) is 6.19. The maximum Gasteiger partial charge on any atom is 0.338 e. The molecule has 0 aromatic heterocycles. The van der Waals surface area contributed by atoms with Gasteiger partial charge in [0.1, 0.15) is 11.5 Å². The summed E-state index contributed by atoms with van der Waals surface area (Å²) in [7, 11) is 0. The molecule has 2 N–H and O–H groups in total. The predicted molar refractivity (Wildman–Crippen MR) is 86.0 cm³/mol. The number of unbranched alkanes of at least 4 members (excludes halogenated alkanes) is 1. The molecule has 0 bridgehead atoms. The standard InChI is InChI=1S/C18H18O6/c19-15-7-3-5-13(11-15)17(21)23-9-1-2-10-24-18(22)14-6-4-8-16(20)12-14/h3-8,11-12,19-20H,1-2,9-10H2. The van der Waals surface area contributed by atoms with Gasteiger partial charge in [-0.15, -0.1) is 0 Å². The first-order valence-corrected chi connectivity index (χ1v) is 7.48. The highest BCUT2D eigenvalue weighted by Gasteiger charge is 2.09. The van der Waals surface area contributed by atoms with E-state index in [0.717, 1.165) is 0 Å². The number of phenols is 2. The van der Waals surface area contributed by atoms with Gasteiger partial charge in [0.15, 0.2) is 0 Å².